The summed E-state index contributed by atoms with van der Waals surface area (Å²) in [4.78, 5) is 23.1. The van der Waals surface area contributed by atoms with E-state index in [0.29, 0.717) is 30.0 Å². The molecule has 1 amide bonds. The Bertz CT molecular complexity index is 1050. The van der Waals surface area contributed by atoms with Crippen molar-refractivity contribution in [2.45, 2.75) is 40.4 Å². The van der Waals surface area contributed by atoms with Crippen LogP contribution in [0.25, 0.3) is 0 Å². The second-order valence-electron chi connectivity index (χ2n) is 6.59. The molecule has 0 radical (unpaired) electrons. The Labute approximate surface area is 176 Å². The van der Waals surface area contributed by atoms with Gasteiger partial charge in [-0.1, -0.05) is 12.1 Å². The highest BCUT2D eigenvalue weighted by molar-refractivity contribution is 9.10. The number of carbonyl (C=O) groups is 1. The molecule has 0 aliphatic carbocycles. The Morgan fingerprint density at radius 1 is 1.24 bits per heavy atom. The predicted molar refractivity (Wildman–Crippen MR) is 111 cm³/mol. The van der Waals surface area contributed by atoms with Gasteiger partial charge in [0.15, 0.2) is 0 Å². The standard InChI is InChI=1S/C19H21BrN6O3/c1-4-24-11-16(20)17(23-24)9-21-19(27)15-7-5-14(6-8-15)10-25-13(3)18(26(28)29)12(2)22-25/h5-8,11H,4,9-10H2,1-3H3,(H,21,27). The number of aromatic nitrogens is 4. The first-order valence-corrected chi connectivity index (χ1v) is 9.86. The second-order valence-corrected chi connectivity index (χ2v) is 7.45. The summed E-state index contributed by atoms with van der Waals surface area (Å²) in [5, 5.41) is 22.6. The number of aryl methyl sites for hydroxylation is 2. The second kappa shape index (κ2) is 8.56. The van der Waals surface area contributed by atoms with Crippen LogP contribution in [-0.2, 0) is 19.6 Å². The van der Waals surface area contributed by atoms with E-state index < -0.39 is 4.92 Å². The number of carbonyl (C=O) groups excluding carboxylic acids is 1. The van der Waals surface area contributed by atoms with Gasteiger partial charge in [-0.2, -0.15) is 10.2 Å². The Hall–Kier alpha value is -3.01. The molecule has 1 aromatic carbocycles. The van der Waals surface area contributed by atoms with Crippen molar-refractivity contribution >= 4 is 27.5 Å². The molecule has 2 heterocycles. The van der Waals surface area contributed by atoms with E-state index in [4.69, 9.17) is 0 Å². The van der Waals surface area contributed by atoms with Crippen LogP contribution in [-0.4, -0.2) is 30.4 Å². The lowest BCUT2D eigenvalue weighted by atomic mass is 10.1. The van der Waals surface area contributed by atoms with Gasteiger partial charge in [0.2, 0.25) is 0 Å². The summed E-state index contributed by atoms with van der Waals surface area (Å²) < 4.78 is 4.25. The van der Waals surface area contributed by atoms with Crippen LogP contribution in [0.2, 0.25) is 0 Å². The van der Waals surface area contributed by atoms with Crippen molar-refractivity contribution in [2.75, 3.05) is 0 Å². The summed E-state index contributed by atoms with van der Waals surface area (Å²) in [6.45, 7) is 6.77. The molecule has 0 saturated heterocycles. The smallest absolute Gasteiger partial charge is 0.312 e. The fourth-order valence-corrected chi connectivity index (χ4v) is 3.48. The van der Waals surface area contributed by atoms with E-state index in [1.165, 1.54) is 0 Å². The normalized spacial score (nSPS) is 10.9. The Kier molecular flexibility index (Phi) is 6.12. The molecule has 0 bridgehead atoms. The number of hydrogen-bond acceptors (Lipinski definition) is 5. The number of rotatable bonds is 7. The molecule has 0 aliphatic rings. The molecule has 3 aromatic rings. The molecular formula is C19H21BrN6O3. The Morgan fingerprint density at radius 2 is 1.93 bits per heavy atom. The Balaban J connectivity index is 1.65. The molecule has 29 heavy (non-hydrogen) atoms. The van der Waals surface area contributed by atoms with E-state index in [-0.39, 0.29) is 11.6 Å². The van der Waals surface area contributed by atoms with E-state index in [2.05, 4.69) is 31.4 Å². The van der Waals surface area contributed by atoms with Crippen LogP contribution in [0, 0.1) is 24.0 Å². The number of benzene rings is 1. The average molecular weight is 461 g/mol. The van der Waals surface area contributed by atoms with E-state index in [0.717, 1.165) is 22.3 Å². The molecule has 0 unspecified atom stereocenters. The minimum atomic E-state index is -0.413. The van der Waals surface area contributed by atoms with Gasteiger partial charge in [-0.05, 0) is 54.4 Å². The Morgan fingerprint density at radius 3 is 2.48 bits per heavy atom. The molecule has 2 aromatic heterocycles. The fraction of sp³-hybridized carbons (Fsp3) is 0.316. The first kappa shape index (κ1) is 20.7. The lowest BCUT2D eigenvalue weighted by Crippen LogP contribution is -2.23. The van der Waals surface area contributed by atoms with Crippen LogP contribution >= 0.6 is 15.9 Å². The van der Waals surface area contributed by atoms with Crippen LogP contribution in [0.1, 0.15) is 39.9 Å². The third-order valence-corrected chi connectivity index (χ3v) is 5.26. The molecule has 0 fully saturated rings. The van der Waals surface area contributed by atoms with Crippen molar-refractivity contribution in [3.8, 4) is 0 Å². The van der Waals surface area contributed by atoms with Crippen molar-refractivity contribution < 1.29 is 9.72 Å². The monoisotopic (exact) mass is 460 g/mol. The summed E-state index contributed by atoms with van der Waals surface area (Å²) in [7, 11) is 0. The molecule has 0 saturated carbocycles. The minimum absolute atomic E-state index is 0.0395. The van der Waals surface area contributed by atoms with E-state index in [1.807, 2.05) is 25.3 Å². The lowest BCUT2D eigenvalue weighted by Gasteiger charge is -2.07. The van der Waals surface area contributed by atoms with Crippen molar-refractivity contribution in [3.05, 3.63) is 73.3 Å². The maximum atomic E-state index is 12.4. The molecule has 0 spiro atoms. The van der Waals surface area contributed by atoms with Crippen LogP contribution in [0.5, 0.6) is 0 Å². The van der Waals surface area contributed by atoms with E-state index in [1.54, 1.807) is 35.3 Å². The van der Waals surface area contributed by atoms with Gasteiger partial charge in [0.25, 0.3) is 5.91 Å². The zero-order chi connectivity index (χ0) is 21.1. The van der Waals surface area contributed by atoms with E-state index >= 15 is 0 Å². The largest absolute Gasteiger partial charge is 0.346 e. The summed E-state index contributed by atoms with van der Waals surface area (Å²) in [5.74, 6) is -0.198. The number of nitrogens with one attached hydrogen (secondary N) is 1. The van der Waals surface area contributed by atoms with Gasteiger partial charge in [-0.25, -0.2) is 0 Å². The number of amides is 1. The maximum Gasteiger partial charge on any atom is 0.312 e. The molecule has 152 valence electrons. The van der Waals surface area contributed by atoms with Gasteiger partial charge in [0.05, 0.1) is 28.2 Å². The highest BCUT2D eigenvalue weighted by Gasteiger charge is 2.21. The van der Waals surface area contributed by atoms with Crippen molar-refractivity contribution in [1.29, 1.82) is 0 Å². The lowest BCUT2D eigenvalue weighted by molar-refractivity contribution is -0.386. The molecule has 0 aliphatic heterocycles. The fourth-order valence-electron chi connectivity index (χ4n) is 3.02. The molecule has 1 N–H and O–H groups in total. The van der Waals surface area contributed by atoms with Crippen LogP contribution < -0.4 is 5.32 Å². The molecule has 10 heteroatoms. The van der Waals surface area contributed by atoms with Crippen molar-refractivity contribution in [2.24, 2.45) is 0 Å². The van der Waals surface area contributed by atoms with Crippen molar-refractivity contribution in [3.63, 3.8) is 0 Å². The molecule has 0 atom stereocenters. The van der Waals surface area contributed by atoms with Gasteiger partial charge in [-0.15, -0.1) is 0 Å². The summed E-state index contributed by atoms with van der Waals surface area (Å²) >= 11 is 3.44. The summed E-state index contributed by atoms with van der Waals surface area (Å²) in [6, 6.07) is 7.09. The number of hydrogen-bond donors (Lipinski definition) is 1. The highest BCUT2D eigenvalue weighted by atomic mass is 79.9. The van der Waals surface area contributed by atoms with Gasteiger partial charge in [-0.3, -0.25) is 24.3 Å². The SMILES string of the molecule is CCn1cc(Br)c(CNC(=O)c2ccc(Cn3nc(C)c([N+](=O)[O-])c3C)cc2)n1. The predicted octanol–water partition coefficient (Wildman–Crippen LogP) is 3.37. The van der Waals surface area contributed by atoms with E-state index in [9.17, 15) is 14.9 Å². The third-order valence-electron chi connectivity index (χ3n) is 4.60. The quantitative estimate of drug-likeness (QED) is 0.429. The zero-order valence-corrected chi connectivity index (χ0v) is 17.9. The molecule has 3 rings (SSSR count). The number of nitro groups is 1. The van der Waals surface area contributed by atoms with Crippen LogP contribution in [0.15, 0.2) is 34.9 Å². The maximum absolute atomic E-state index is 12.4. The number of halogens is 1. The topological polar surface area (TPSA) is 108 Å². The van der Waals surface area contributed by atoms with Gasteiger partial charge in [0, 0.05) is 18.3 Å². The van der Waals surface area contributed by atoms with Gasteiger partial charge in [0.1, 0.15) is 11.4 Å². The molecule has 9 nitrogen and oxygen atoms in total. The van der Waals surface area contributed by atoms with Crippen LogP contribution in [0.3, 0.4) is 0 Å². The van der Waals surface area contributed by atoms with Gasteiger partial charge >= 0.3 is 5.69 Å². The third kappa shape index (κ3) is 4.53. The average Bonchev–Trinajstić information content (AvgIpc) is 3.18. The zero-order valence-electron chi connectivity index (χ0n) is 16.3. The van der Waals surface area contributed by atoms with Gasteiger partial charge < -0.3 is 5.32 Å². The number of nitrogens with zero attached hydrogens (tertiary/aromatic N) is 5. The first-order chi connectivity index (χ1) is 13.8. The summed E-state index contributed by atoms with van der Waals surface area (Å²) in [6.07, 6.45) is 1.87. The first-order valence-electron chi connectivity index (χ1n) is 9.07. The molecular weight excluding hydrogens is 440 g/mol. The summed E-state index contributed by atoms with van der Waals surface area (Å²) in [5.41, 5.74) is 3.12. The van der Waals surface area contributed by atoms with Crippen molar-refractivity contribution in [1.82, 2.24) is 24.9 Å². The highest BCUT2D eigenvalue weighted by Crippen LogP contribution is 2.22. The van der Waals surface area contributed by atoms with Crippen LogP contribution in [0.4, 0.5) is 5.69 Å². The minimum Gasteiger partial charge on any atom is -0.346 e.